The molecule has 0 radical (unpaired) electrons. The maximum absolute atomic E-state index is 12.7. The van der Waals surface area contributed by atoms with Crippen LogP contribution in [0.5, 0.6) is 11.5 Å². The Morgan fingerprint density at radius 1 is 0.714 bits per heavy atom. The van der Waals surface area contributed by atoms with E-state index in [0.29, 0.717) is 45.2 Å². The van der Waals surface area contributed by atoms with Crippen molar-refractivity contribution in [3.05, 3.63) is 67.6 Å². The molecule has 2 aromatic carbocycles. The van der Waals surface area contributed by atoms with Gasteiger partial charge in [0.25, 0.3) is 11.8 Å². The van der Waals surface area contributed by atoms with Crippen LogP contribution in [0, 0.1) is 0 Å². The van der Waals surface area contributed by atoms with E-state index >= 15 is 0 Å². The van der Waals surface area contributed by atoms with Crippen LogP contribution in [0.2, 0.25) is 0 Å². The number of amides is 2. The quantitative estimate of drug-likeness (QED) is 0.665. The lowest BCUT2D eigenvalue weighted by Gasteiger charge is -2.10. The molecular weight excluding hydrogens is 492 g/mol. The number of ether oxygens (including phenoxy) is 2. The van der Waals surface area contributed by atoms with Crippen LogP contribution in [-0.4, -0.2) is 26.0 Å². The molecule has 2 heterocycles. The minimum Gasteiger partial charge on any atom is -0.496 e. The molecule has 2 N–H and O–H groups in total. The molecule has 0 aliphatic carbocycles. The van der Waals surface area contributed by atoms with Gasteiger partial charge in [-0.25, -0.2) is 0 Å². The molecule has 0 saturated carbocycles. The molecule has 4 rings (SSSR count). The van der Waals surface area contributed by atoms with Gasteiger partial charge in [-0.05, 0) is 68.3 Å². The topological polar surface area (TPSA) is 76.7 Å². The average Bonchev–Trinajstić information content (AvgIpc) is 3.20. The zero-order valence-electron chi connectivity index (χ0n) is 14.9. The van der Waals surface area contributed by atoms with E-state index in [-0.39, 0.29) is 11.8 Å². The molecule has 2 aliphatic heterocycles. The second-order valence-corrected chi connectivity index (χ2v) is 7.82. The summed E-state index contributed by atoms with van der Waals surface area (Å²) in [6.07, 6.45) is 0. The first-order chi connectivity index (χ1) is 13.4. The van der Waals surface area contributed by atoms with Crippen LogP contribution in [0.1, 0.15) is 11.1 Å². The normalized spacial score (nSPS) is 15.6. The van der Waals surface area contributed by atoms with Gasteiger partial charge in [-0.3, -0.25) is 9.59 Å². The number of rotatable bonds is 4. The molecule has 0 atom stereocenters. The summed E-state index contributed by atoms with van der Waals surface area (Å²) in [5.41, 5.74) is 3.04. The van der Waals surface area contributed by atoms with Gasteiger partial charge >= 0.3 is 0 Å². The predicted octanol–water partition coefficient (Wildman–Crippen LogP) is 3.61. The number of benzene rings is 2. The molecule has 0 bridgehead atoms. The van der Waals surface area contributed by atoms with E-state index in [1.807, 2.05) is 0 Å². The number of fused-ring (bicyclic) bond motifs is 1. The van der Waals surface area contributed by atoms with Gasteiger partial charge in [-0.1, -0.05) is 0 Å². The van der Waals surface area contributed by atoms with E-state index in [9.17, 15) is 9.59 Å². The van der Waals surface area contributed by atoms with Gasteiger partial charge in [0, 0.05) is 11.1 Å². The Morgan fingerprint density at radius 2 is 1.11 bits per heavy atom. The van der Waals surface area contributed by atoms with Gasteiger partial charge in [0.2, 0.25) is 0 Å². The lowest BCUT2D eigenvalue weighted by Crippen LogP contribution is -2.21. The fourth-order valence-corrected chi connectivity index (χ4v) is 4.34. The largest absolute Gasteiger partial charge is 0.496 e. The highest BCUT2D eigenvalue weighted by atomic mass is 79.9. The molecule has 6 nitrogen and oxygen atoms in total. The first kappa shape index (κ1) is 18.8. The van der Waals surface area contributed by atoms with Gasteiger partial charge < -0.3 is 20.1 Å². The second-order valence-electron chi connectivity index (χ2n) is 6.11. The van der Waals surface area contributed by atoms with Crippen LogP contribution < -0.4 is 20.1 Å². The molecule has 0 spiro atoms. The molecule has 28 heavy (non-hydrogen) atoms. The third-order valence-corrected chi connectivity index (χ3v) is 5.80. The highest BCUT2D eigenvalue weighted by molar-refractivity contribution is 9.10. The first-order valence-electron chi connectivity index (χ1n) is 8.24. The summed E-state index contributed by atoms with van der Waals surface area (Å²) in [6.45, 7) is 0. The zero-order chi connectivity index (χ0) is 20.0. The monoisotopic (exact) mass is 504 g/mol. The van der Waals surface area contributed by atoms with Crippen molar-refractivity contribution in [1.29, 1.82) is 0 Å². The van der Waals surface area contributed by atoms with Crippen LogP contribution in [0.25, 0.3) is 11.4 Å². The van der Waals surface area contributed by atoms with Gasteiger partial charge in [-0.15, -0.1) is 0 Å². The van der Waals surface area contributed by atoms with Crippen molar-refractivity contribution < 1.29 is 19.1 Å². The van der Waals surface area contributed by atoms with Crippen molar-refractivity contribution in [2.24, 2.45) is 0 Å². The van der Waals surface area contributed by atoms with Crippen molar-refractivity contribution in [3.8, 4) is 11.5 Å². The highest BCUT2D eigenvalue weighted by Crippen LogP contribution is 2.39. The number of carbonyl (C=O) groups is 2. The molecular formula is C20H14Br2N2O4. The van der Waals surface area contributed by atoms with E-state index in [4.69, 9.17) is 9.47 Å². The maximum Gasteiger partial charge on any atom is 0.258 e. The van der Waals surface area contributed by atoms with Crippen LogP contribution in [0.4, 0.5) is 0 Å². The summed E-state index contributed by atoms with van der Waals surface area (Å²) in [5, 5.41) is 5.66. The zero-order valence-corrected chi connectivity index (χ0v) is 18.0. The van der Waals surface area contributed by atoms with E-state index < -0.39 is 0 Å². The standard InChI is InChI=1S/C20H14Br2N2O4/c1-27-13-5-3-9(7-11(13)21)17-15-16(20(26)23-17)18(24-19(15)25)10-4-6-14(28-2)12(22)8-10/h3-8H,1-2H3,(H,23,26)(H,24,25). The lowest BCUT2D eigenvalue weighted by molar-refractivity contribution is -0.117. The van der Waals surface area contributed by atoms with Crippen LogP contribution in [0.15, 0.2) is 56.5 Å². The Labute approximate surface area is 177 Å². The number of halogens is 2. The van der Waals surface area contributed by atoms with Crippen LogP contribution >= 0.6 is 31.9 Å². The van der Waals surface area contributed by atoms with Crippen LogP contribution in [-0.2, 0) is 9.59 Å². The van der Waals surface area contributed by atoms with Crippen molar-refractivity contribution >= 4 is 55.1 Å². The summed E-state index contributed by atoms with van der Waals surface area (Å²) >= 11 is 6.87. The van der Waals surface area contributed by atoms with E-state index in [1.54, 1.807) is 50.6 Å². The van der Waals surface area contributed by atoms with Gasteiger partial charge in [-0.2, -0.15) is 0 Å². The summed E-state index contributed by atoms with van der Waals surface area (Å²) < 4.78 is 11.9. The Morgan fingerprint density at radius 3 is 1.43 bits per heavy atom. The predicted molar refractivity (Wildman–Crippen MR) is 112 cm³/mol. The van der Waals surface area contributed by atoms with E-state index in [1.165, 1.54) is 0 Å². The smallest absolute Gasteiger partial charge is 0.258 e. The number of carbonyl (C=O) groups excluding carboxylic acids is 2. The summed E-state index contributed by atoms with van der Waals surface area (Å²) in [7, 11) is 3.15. The molecule has 142 valence electrons. The molecule has 0 unspecified atom stereocenters. The Kier molecular flexibility index (Phi) is 4.76. The summed E-state index contributed by atoms with van der Waals surface area (Å²) in [5.74, 6) is 0.678. The number of methoxy groups -OCH3 is 2. The number of nitrogens with one attached hydrogen (secondary N) is 2. The summed E-state index contributed by atoms with van der Waals surface area (Å²) in [6, 6.07) is 10.7. The van der Waals surface area contributed by atoms with Crippen molar-refractivity contribution in [2.45, 2.75) is 0 Å². The Hall–Kier alpha value is -2.58. The van der Waals surface area contributed by atoms with Gasteiger partial charge in [0.15, 0.2) is 0 Å². The van der Waals surface area contributed by atoms with E-state index in [2.05, 4.69) is 42.5 Å². The maximum atomic E-state index is 12.7. The molecule has 0 aromatic heterocycles. The van der Waals surface area contributed by atoms with Gasteiger partial charge in [0.1, 0.15) is 11.5 Å². The second kappa shape index (κ2) is 7.10. The Balaban J connectivity index is 1.85. The molecule has 2 aliphatic rings. The fraction of sp³-hybridized carbons (Fsp3) is 0.100. The molecule has 0 saturated heterocycles. The van der Waals surface area contributed by atoms with Crippen molar-refractivity contribution in [1.82, 2.24) is 10.6 Å². The third-order valence-electron chi connectivity index (χ3n) is 4.56. The average molecular weight is 506 g/mol. The minimum absolute atomic E-state index is 0.322. The molecule has 2 amide bonds. The number of hydrogen-bond acceptors (Lipinski definition) is 4. The highest BCUT2D eigenvalue weighted by Gasteiger charge is 2.41. The van der Waals surface area contributed by atoms with Gasteiger partial charge in [0.05, 0.1) is 45.7 Å². The SMILES string of the molecule is COc1ccc(C2=C3C(=O)NC(c4ccc(OC)c(Br)c4)=C3C(=O)N2)cc1Br. The fourth-order valence-electron chi connectivity index (χ4n) is 3.26. The van der Waals surface area contributed by atoms with Crippen LogP contribution in [0.3, 0.4) is 0 Å². The van der Waals surface area contributed by atoms with Crippen molar-refractivity contribution in [3.63, 3.8) is 0 Å². The van der Waals surface area contributed by atoms with E-state index in [0.717, 1.165) is 8.95 Å². The third kappa shape index (κ3) is 2.93. The Bertz CT molecular complexity index is 1020. The number of hydrogen-bond donors (Lipinski definition) is 2. The molecule has 8 heteroatoms. The molecule has 2 aromatic rings. The molecule has 0 fully saturated rings. The summed E-state index contributed by atoms with van der Waals surface area (Å²) in [4.78, 5) is 25.4. The lowest BCUT2D eigenvalue weighted by atomic mass is 10.0. The van der Waals surface area contributed by atoms with Crippen molar-refractivity contribution in [2.75, 3.05) is 14.2 Å². The first-order valence-corrected chi connectivity index (χ1v) is 9.82. The minimum atomic E-state index is -0.322.